The molecule has 4 heteroatoms. The lowest BCUT2D eigenvalue weighted by molar-refractivity contribution is -0.146. The zero-order chi connectivity index (χ0) is 24.8. The second-order valence-corrected chi connectivity index (χ2v) is 9.70. The molecule has 36 heavy (non-hydrogen) atoms. The topological polar surface area (TPSA) is 53.4 Å². The molecule has 1 aliphatic heterocycles. The summed E-state index contributed by atoms with van der Waals surface area (Å²) in [6.45, 7) is 2.36. The number of aliphatic carboxylic acids is 1. The van der Waals surface area contributed by atoms with E-state index in [4.69, 9.17) is 4.98 Å². The molecule has 0 spiro atoms. The van der Waals surface area contributed by atoms with E-state index in [0.29, 0.717) is 12.8 Å². The maximum Gasteiger partial charge on any atom is 0.314 e. The first-order valence-electron chi connectivity index (χ1n) is 12.7. The van der Waals surface area contributed by atoms with Crippen LogP contribution in [0.2, 0.25) is 0 Å². The van der Waals surface area contributed by atoms with Crippen molar-refractivity contribution in [3.05, 3.63) is 138 Å². The Balaban J connectivity index is 1.45. The maximum atomic E-state index is 12.4. The summed E-state index contributed by atoms with van der Waals surface area (Å²) in [5.41, 5.74) is 3.17. The Morgan fingerprint density at radius 2 is 1.31 bits per heavy atom. The molecule has 4 aromatic rings. The van der Waals surface area contributed by atoms with Crippen LogP contribution in [0.25, 0.3) is 0 Å². The highest BCUT2D eigenvalue weighted by Crippen LogP contribution is 2.42. The van der Waals surface area contributed by atoms with Gasteiger partial charge in [0.15, 0.2) is 0 Å². The molecule has 0 radical (unpaired) electrons. The second-order valence-electron chi connectivity index (χ2n) is 9.70. The summed E-state index contributed by atoms with van der Waals surface area (Å²) < 4.78 is 0. The molecule has 0 atom stereocenters. The predicted octanol–water partition coefficient (Wildman–Crippen LogP) is 5.92. The van der Waals surface area contributed by atoms with Gasteiger partial charge in [0.1, 0.15) is 0 Å². The minimum Gasteiger partial charge on any atom is -0.481 e. The number of aromatic nitrogens is 1. The molecule has 2 heterocycles. The van der Waals surface area contributed by atoms with Crippen molar-refractivity contribution in [1.29, 1.82) is 0 Å². The van der Waals surface area contributed by atoms with Gasteiger partial charge in [0.05, 0.1) is 16.5 Å². The number of nitrogens with zero attached hydrogens (tertiary/aromatic N) is 2. The molecule has 0 bridgehead atoms. The fourth-order valence-corrected chi connectivity index (χ4v) is 5.81. The van der Waals surface area contributed by atoms with Gasteiger partial charge in [-0.05, 0) is 67.7 Å². The molecular weight excluding hydrogens is 444 g/mol. The Kier molecular flexibility index (Phi) is 6.97. The zero-order valence-electron chi connectivity index (χ0n) is 20.5. The lowest BCUT2D eigenvalue weighted by atomic mass is 9.69. The summed E-state index contributed by atoms with van der Waals surface area (Å²) in [7, 11) is 0. The molecule has 1 saturated heterocycles. The van der Waals surface area contributed by atoms with Crippen molar-refractivity contribution in [2.24, 2.45) is 0 Å². The maximum absolute atomic E-state index is 12.4. The fourth-order valence-electron chi connectivity index (χ4n) is 5.81. The summed E-state index contributed by atoms with van der Waals surface area (Å²) in [4.78, 5) is 19.7. The summed E-state index contributed by atoms with van der Waals surface area (Å²) in [5, 5.41) is 10.2. The third kappa shape index (κ3) is 4.45. The third-order valence-corrected chi connectivity index (χ3v) is 7.88. The third-order valence-electron chi connectivity index (χ3n) is 7.88. The van der Waals surface area contributed by atoms with Crippen molar-refractivity contribution in [2.75, 3.05) is 19.6 Å². The number of piperidine rings is 1. The minimum absolute atomic E-state index is 0.398. The number of carbonyl (C=O) groups is 1. The number of carboxylic acid groups (broad SMARTS) is 1. The van der Waals surface area contributed by atoms with Gasteiger partial charge in [0, 0.05) is 6.20 Å². The quantitative estimate of drug-likeness (QED) is 0.343. The molecule has 1 N–H and O–H groups in total. The van der Waals surface area contributed by atoms with Crippen molar-refractivity contribution in [3.8, 4) is 0 Å². The molecule has 0 unspecified atom stereocenters. The molecular formula is C32H32N2O2. The Labute approximate surface area is 213 Å². The average molecular weight is 477 g/mol. The smallest absolute Gasteiger partial charge is 0.314 e. The zero-order valence-corrected chi connectivity index (χ0v) is 20.5. The summed E-state index contributed by atoms with van der Waals surface area (Å²) in [6, 6.07) is 37.2. The number of hydrogen-bond acceptors (Lipinski definition) is 3. The van der Waals surface area contributed by atoms with Crippen LogP contribution in [0.15, 0.2) is 115 Å². The van der Waals surface area contributed by atoms with Gasteiger partial charge in [-0.15, -0.1) is 0 Å². The number of pyridine rings is 1. The molecule has 182 valence electrons. The predicted molar refractivity (Wildman–Crippen MR) is 143 cm³/mol. The van der Waals surface area contributed by atoms with Crippen molar-refractivity contribution in [3.63, 3.8) is 0 Å². The van der Waals surface area contributed by atoms with Crippen LogP contribution in [-0.2, 0) is 15.6 Å². The van der Waals surface area contributed by atoms with Gasteiger partial charge in [-0.1, -0.05) is 97.1 Å². The lowest BCUT2D eigenvalue weighted by Crippen LogP contribution is -2.48. The van der Waals surface area contributed by atoms with Crippen LogP contribution < -0.4 is 0 Å². The lowest BCUT2D eigenvalue weighted by Gasteiger charge is -2.41. The Hall–Kier alpha value is -3.76. The average Bonchev–Trinajstić information content (AvgIpc) is 2.96. The van der Waals surface area contributed by atoms with Gasteiger partial charge in [0.25, 0.3) is 0 Å². The number of benzene rings is 3. The molecule has 1 fully saturated rings. The largest absolute Gasteiger partial charge is 0.481 e. The fraction of sp³-hybridized carbons (Fsp3) is 0.250. The van der Waals surface area contributed by atoms with E-state index >= 15 is 0 Å². The Bertz CT molecular complexity index is 1160. The van der Waals surface area contributed by atoms with Gasteiger partial charge in [-0.25, -0.2) is 0 Å². The second kappa shape index (κ2) is 10.5. The first-order valence-corrected chi connectivity index (χ1v) is 12.7. The van der Waals surface area contributed by atoms with Gasteiger partial charge in [0.2, 0.25) is 0 Å². The van der Waals surface area contributed by atoms with Gasteiger partial charge in [-0.3, -0.25) is 9.78 Å². The van der Waals surface area contributed by atoms with Crippen molar-refractivity contribution >= 4 is 5.97 Å². The highest BCUT2D eigenvalue weighted by atomic mass is 16.4. The molecule has 3 aromatic carbocycles. The van der Waals surface area contributed by atoms with Crippen molar-refractivity contribution in [1.82, 2.24) is 9.88 Å². The van der Waals surface area contributed by atoms with E-state index < -0.39 is 16.8 Å². The van der Waals surface area contributed by atoms with Crippen LogP contribution in [0.3, 0.4) is 0 Å². The molecule has 0 saturated carbocycles. The van der Waals surface area contributed by atoms with Crippen LogP contribution in [0.1, 0.15) is 41.6 Å². The van der Waals surface area contributed by atoms with Crippen LogP contribution in [0.4, 0.5) is 0 Å². The van der Waals surface area contributed by atoms with Gasteiger partial charge >= 0.3 is 5.97 Å². The summed E-state index contributed by atoms with van der Waals surface area (Å²) in [6.07, 6.45) is 3.95. The van der Waals surface area contributed by atoms with E-state index in [1.54, 1.807) is 0 Å². The number of carboxylic acids is 1. The summed E-state index contributed by atoms with van der Waals surface area (Å²) >= 11 is 0. The van der Waals surface area contributed by atoms with E-state index in [1.807, 2.05) is 42.6 Å². The molecule has 0 aliphatic carbocycles. The molecule has 1 aliphatic rings. The summed E-state index contributed by atoms with van der Waals surface area (Å²) in [5.74, 6) is -0.718. The van der Waals surface area contributed by atoms with E-state index in [9.17, 15) is 9.90 Å². The Morgan fingerprint density at radius 3 is 1.81 bits per heavy atom. The number of rotatable bonds is 8. The molecule has 0 amide bonds. The monoisotopic (exact) mass is 476 g/mol. The van der Waals surface area contributed by atoms with E-state index in [1.165, 1.54) is 11.1 Å². The molecule has 4 nitrogen and oxygen atoms in total. The highest BCUT2D eigenvalue weighted by Gasteiger charge is 2.44. The molecule has 1 aromatic heterocycles. The van der Waals surface area contributed by atoms with Crippen LogP contribution in [0, 0.1) is 0 Å². The van der Waals surface area contributed by atoms with Gasteiger partial charge < -0.3 is 10.0 Å². The normalized spacial score (nSPS) is 15.9. The van der Waals surface area contributed by atoms with E-state index in [2.05, 4.69) is 77.7 Å². The number of likely N-dealkylation sites (tertiary alicyclic amines) is 1. The van der Waals surface area contributed by atoms with Crippen molar-refractivity contribution < 1.29 is 9.90 Å². The van der Waals surface area contributed by atoms with E-state index in [-0.39, 0.29) is 0 Å². The van der Waals surface area contributed by atoms with Gasteiger partial charge in [-0.2, -0.15) is 0 Å². The van der Waals surface area contributed by atoms with E-state index in [0.717, 1.165) is 37.3 Å². The number of hydrogen-bond donors (Lipinski definition) is 1. The van der Waals surface area contributed by atoms with Crippen LogP contribution in [0.5, 0.6) is 0 Å². The first kappa shape index (κ1) is 24.0. The Morgan fingerprint density at radius 1 is 0.778 bits per heavy atom. The first-order chi connectivity index (χ1) is 17.6. The standard InChI is InChI=1S/C32H32N2O2/c35-30(36)31(26-12-4-1-5-13-26)19-23-34(24-20-31)25-21-32(27-14-6-2-7-15-27,28-16-8-3-9-17-28)29-18-10-11-22-33-29/h1-18,22H,19-21,23-25H2,(H,35,36). The molecule has 5 rings (SSSR count). The minimum atomic E-state index is -0.811. The SMILES string of the molecule is O=C(O)C1(c2ccccc2)CCN(CCC(c2ccccc2)(c2ccccc2)c2ccccn2)CC1. The van der Waals surface area contributed by atoms with Crippen LogP contribution in [-0.4, -0.2) is 40.6 Å². The van der Waals surface area contributed by atoms with Crippen molar-refractivity contribution in [2.45, 2.75) is 30.1 Å². The van der Waals surface area contributed by atoms with Crippen LogP contribution >= 0.6 is 0 Å². The highest BCUT2D eigenvalue weighted by molar-refractivity contribution is 5.81.